The van der Waals surface area contributed by atoms with Gasteiger partial charge >= 0.3 is 6.18 Å². The van der Waals surface area contributed by atoms with E-state index in [0.29, 0.717) is 5.56 Å². The van der Waals surface area contributed by atoms with Crippen molar-refractivity contribution in [1.29, 1.82) is 0 Å². The number of halogens is 3. The van der Waals surface area contributed by atoms with Gasteiger partial charge in [0.2, 0.25) is 0 Å². The van der Waals surface area contributed by atoms with E-state index in [0.717, 1.165) is 0 Å². The zero-order chi connectivity index (χ0) is 14.8. The number of anilines is 1. The van der Waals surface area contributed by atoms with Gasteiger partial charge in [-0.1, -0.05) is 0 Å². The standard InChI is InChI=1S/C12H15F3N4O/c13-12(14,15)8-18-3-5-19(6-4-18)11(20)9-1-2-17-7-10(9)16/h1-2,7H,3-6,8,16H2. The average molecular weight is 288 g/mol. The van der Waals surface area contributed by atoms with E-state index in [-0.39, 0.29) is 37.8 Å². The summed E-state index contributed by atoms with van der Waals surface area (Å²) in [6, 6.07) is 1.51. The fourth-order valence-electron chi connectivity index (χ4n) is 2.13. The Hall–Kier alpha value is -1.83. The number of aromatic nitrogens is 1. The summed E-state index contributed by atoms with van der Waals surface area (Å²) in [7, 11) is 0. The molecule has 0 spiro atoms. The molecule has 1 aliphatic heterocycles. The summed E-state index contributed by atoms with van der Waals surface area (Å²) in [5, 5.41) is 0. The van der Waals surface area contributed by atoms with Crippen LogP contribution < -0.4 is 5.73 Å². The Morgan fingerprint density at radius 1 is 1.30 bits per heavy atom. The Balaban J connectivity index is 1.94. The zero-order valence-corrected chi connectivity index (χ0v) is 10.7. The summed E-state index contributed by atoms with van der Waals surface area (Å²) in [5.74, 6) is -0.267. The van der Waals surface area contributed by atoms with Gasteiger partial charge in [-0.2, -0.15) is 13.2 Å². The van der Waals surface area contributed by atoms with Gasteiger partial charge in [-0.15, -0.1) is 0 Å². The summed E-state index contributed by atoms with van der Waals surface area (Å²) in [6.07, 6.45) is -1.36. The van der Waals surface area contributed by atoms with E-state index in [1.54, 1.807) is 0 Å². The van der Waals surface area contributed by atoms with Crippen molar-refractivity contribution in [3.05, 3.63) is 24.0 Å². The maximum absolute atomic E-state index is 12.3. The van der Waals surface area contributed by atoms with E-state index in [9.17, 15) is 18.0 Å². The van der Waals surface area contributed by atoms with Crippen molar-refractivity contribution in [2.24, 2.45) is 0 Å². The molecule has 1 amide bonds. The number of nitrogen functional groups attached to an aromatic ring is 1. The van der Waals surface area contributed by atoms with Crippen LogP contribution in [0, 0.1) is 0 Å². The molecule has 1 aromatic rings. The van der Waals surface area contributed by atoms with Crippen molar-refractivity contribution >= 4 is 11.6 Å². The van der Waals surface area contributed by atoms with Crippen LogP contribution in [0.5, 0.6) is 0 Å². The average Bonchev–Trinajstić information content (AvgIpc) is 2.37. The molecule has 1 aliphatic rings. The van der Waals surface area contributed by atoms with Crippen LogP contribution in [0.15, 0.2) is 18.5 Å². The van der Waals surface area contributed by atoms with Crippen LogP contribution in [-0.2, 0) is 0 Å². The minimum Gasteiger partial charge on any atom is -0.397 e. The molecule has 2 rings (SSSR count). The molecule has 0 atom stereocenters. The van der Waals surface area contributed by atoms with Crippen molar-refractivity contribution in [1.82, 2.24) is 14.8 Å². The maximum atomic E-state index is 12.3. The van der Waals surface area contributed by atoms with Crippen LogP contribution >= 0.6 is 0 Å². The minimum absolute atomic E-state index is 0.205. The van der Waals surface area contributed by atoms with Gasteiger partial charge < -0.3 is 10.6 Å². The molecule has 2 heterocycles. The van der Waals surface area contributed by atoms with Gasteiger partial charge in [-0.25, -0.2) is 0 Å². The number of hydrogen-bond acceptors (Lipinski definition) is 4. The molecule has 8 heteroatoms. The first kappa shape index (κ1) is 14.6. The van der Waals surface area contributed by atoms with E-state index >= 15 is 0 Å². The molecule has 0 aliphatic carbocycles. The quantitative estimate of drug-likeness (QED) is 0.881. The van der Waals surface area contributed by atoms with E-state index in [1.807, 2.05) is 0 Å². The molecule has 1 saturated heterocycles. The molecular formula is C12H15F3N4O. The SMILES string of the molecule is Nc1cnccc1C(=O)N1CCN(CC(F)(F)F)CC1. The third kappa shape index (κ3) is 3.60. The van der Waals surface area contributed by atoms with Gasteiger partial charge in [-0.05, 0) is 6.07 Å². The van der Waals surface area contributed by atoms with Crippen LogP contribution in [0.3, 0.4) is 0 Å². The zero-order valence-electron chi connectivity index (χ0n) is 10.7. The van der Waals surface area contributed by atoms with Crippen LogP contribution in [0.25, 0.3) is 0 Å². The monoisotopic (exact) mass is 288 g/mol. The summed E-state index contributed by atoms with van der Waals surface area (Å²) in [6.45, 7) is -0.00768. The lowest BCUT2D eigenvalue weighted by molar-refractivity contribution is -0.148. The summed E-state index contributed by atoms with van der Waals surface area (Å²) >= 11 is 0. The molecule has 0 aromatic carbocycles. The van der Waals surface area contributed by atoms with Crippen molar-refractivity contribution < 1.29 is 18.0 Å². The van der Waals surface area contributed by atoms with Crippen LogP contribution in [-0.4, -0.2) is 59.6 Å². The molecule has 0 radical (unpaired) electrons. The Morgan fingerprint density at radius 3 is 2.50 bits per heavy atom. The molecular weight excluding hydrogens is 273 g/mol. The third-order valence-electron chi connectivity index (χ3n) is 3.14. The second kappa shape index (κ2) is 5.66. The Bertz CT molecular complexity index is 484. The van der Waals surface area contributed by atoms with Gasteiger partial charge in [0.15, 0.2) is 0 Å². The van der Waals surface area contributed by atoms with Gasteiger partial charge in [0.25, 0.3) is 5.91 Å². The highest BCUT2D eigenvalue weighted by atomic mass is 19.4. The number of carbonyl (C=O) groups is 1. The molecule has 110 valence electrons. The number of nitrogens with zero attached hydrogens (tertiary/aromatic N) is 3. The van der Waals surface area contributed by atoms with Gasteiger partial charge in [0.05, 0.1) is 24.0 Å². The van der Waals surface area contributed by atoms with Crippen LogP contribution in [0.4, 0.5) is 18.9 Å². The molecule has 2 N–H and O–H groups in total. The molecule has 0 bridgehead atoms. The first-order valence-electron chi connectivity index (χ1n) is 6.15. The smallest absolute Gasteiger partial charge is 0.397 e. The van der Waals surface area contributed by atoms with Gasteiger partial charge in [0.1, 0.15) is 0 Å². The Kier molecular flexibility index (Phi) is 4.12. The number of nitrogens with two attached hydrogens (primary N) is 1. The number of hydrogen-bond donors (Lipinski definition) is 1. The van der Waals surface area contributed by atoms with E-state index in [2.05, 4.69) is 4.98 Å². The second-order valence-electron chi connectivity index (χ2n) is 4.65. The molecule has 20 heavy (non-hydrogen) atoms. The van der Waals surface area contributed by atoms with Crippen LogP contribution in [0.2, 0.25) is 0 Å². The lowest BCUT2D eigenvalue weighted by Gasteiger charge is -2.35. The lowest BCUT2D eigenvalue weighted by Crippen LogP contribution is -2.51. The molecule has 1 aromatic heterocycles. The minimum atomic E-state index is -4.21. The maximum Gasteiger partial charge on any atom is 0.401 e. The number of carbonyl (C=O) groups excluding carboxylic acids is 1. The number of pyridine rings is 1. The summed E-state index contributed by atoms with van der Waals surface area (Å²) in [4.78, 5) is 18.8. The first-order chi connectivity index (χ1) is 9.37. The highest BCUT2D eigenvalue weighted by Gasteiger charge is 2.33. The third-order valence-corrected chi connectivity index (χ3v) is 3.14. The number of amides is 1. The largest absolute Gasteiger partial charge is 0.401 e. The highest BCUT2D eigenvalue weighted by Crippen LogP contribution is 2.19. The van der Waals surface area contributed by atoms with Crippen molar-refractivity contribution in [3.8, 4) is 0 Å². The van der Waals surface area contributed by atoms with E-state index < -0.39 is 12.7 Å². The summed E-state index contributed by atoms with van der Waals surface area (Å²) in [5.41, 5.74) is 6.28. The summed E-state index contributed by atoms with van der Waals surface area (Å²) < 4.78 is 36.8. The second-order valence-corrected chi connectivity index (χ2v) is 4.65. The van der Waals surface area contributed by atoms with E-state index in [4.69, 9.17) is 5.73 Å². The molecule has 0 unspecified atom stereocenters. The fourth-order valence-corrected chi connectivity index (χ4v) is 2.13. The number of piperazine rings is 1. The molecule has 5 nitrogen and oxygen atoms in total. The predicted octanol–water partition coefficient (Wildman–Crippen LogP) is 0.984. The van der Waals surface area contributed by atoms with Gasteiger partial charge in [0, 0.05) is 32.4 Å². The number of rotatable bonds is 2. The Morgan fingerprint density at radius 2 is 1.95 bits per heavy atom. The fraction of sp³-hybridized carbons (Fsp3) is 0.500. The molecule has 0 saturated carbocycles. The molecule has 1 fully saturated rings. The van der Waals surface area contributed by atoms with E-state index in [1.165, 1.54) is 28.3 Å². The Labute approximate surface area is 114 Å². The van der Waals surface area contributed by atoms with Crippen molar-refractivity contribution in [2.45, 2.75) is 6.18 Å². The predicted molar refractivity (Wildman–Crippen MR) is 67.0 cm³/mol. The van der Waals surface area contributed by atoms with Crippen molar-refractivity contribution in [3.63, 3.8) is 0 Å². The normalized spacial score (nSPS) is 17.2. The highest BCUT2D eigenvalue weighted by molar-refractivity contribution is 5.98. The van der Waals surface area contributed by atoms with Crippen LogP contribution in [0.1, 0.15) is 10.4 Å². The van der Waals surface area contributed by atoms with Gasteiger partial charge in [-0.3, -0.25) is 14.7 Å². The first-order valence-corrected chi connectivity index (χ1v) is 6.15. The topological polar surface area (TPSA) is 62.5 Å². The lowest BCUT2D eigenvalue weighted by atomic mass is 10.2. The number of alkyl halides is 3. The van der Waals surface area contributed by atoms with Crippen molar-refractivity contribution in [2.75, 3.05) is 38.5 Å².